The summed E-state index contributed by atoms with van der Waals surface area (Å²) in [7, 11) is 0. The maximum atomic E-state index is 5.29. The second kappa shape index (κ2) is 5.33. The normalized spacial score (nSPS) is 10.8. The molecule has 102 valence electrons. The number of H-pyrrole nitrogens is 1. The van der Waals surface area contributed by atoms with E-state index >= 15 is 0 Å². The summed E-state index contributed by atoms with van der Waals surface area (Å²) in [6.45, 7) is 3.36. The molecule has 20 heavy (non-hydrogen) atoms. The predicted octanol–water partition coefficient (Wildman–Crippen LogP) is 1.66. The topological polar surface area (TPSA) is 77.2 Å². The van der Waals surface area contributed by atoms with Crippen molar-refractivity contribution >= 4 is 12.2 Å². The molecule has 0 aliphatic carbocycles. The van der Waals surface area contributed by atoms with Crippen LogP contribution in [-0.2, 0) is 13.1 Å². The van der Waals surface area contributed by atoms with E-state index in [1.807, 2.05) is 34.3 Å². The molecule has 0 bridgehead atoms. The maximum absolute atomic E-state index is 5.29. The Hall–Kier alpha value is -2.35. The Morgan fingerprint density at radius 1 is 1.35 bits per heavy atom. The highest BCUT2D eigenvalue weighted by molar-refractivity contribution is 7.71. The summed E-state index contributed by atoms with van der Waals surface area (Å²) < 4.78 is 4.38. The van der Waals surface area contributed by atoms with Crippen LogP contribution in [0.4, 0.5) is 0 Å². The van der Waals surface area contributed by atoms with Crippen LogP contribution in [-0.4, -0.2) is 34.5 Å². The second-order valence-electron chi connectivity index (χ2n) is 4.19. The number of aromatic nitrogens is 7. The zero-order valence-corrected chi connectivity index (χ0v) is 11.7. The van der Waals surface area contributed by atoms with Gasteiger partial charge in [0, 0.05) is 12.7 Å². The average molecular weight is 287 g/mol. The van der Waals surface area contributed by atoms with Gasteiger partial charge in [-0.3, -0.25) is 14.6 Å². The molecule has 7 nitrogen and oxygen atoms in total. The van der Waals surface area contributed by atoms with Gasteiger partial charge in [0.2, 0.25) is 0 Å². The van der Waals surface area contributed by atoms with E-state index in [4.69, 9.17) is 12.2 Å². The van der Waals surface area contributed by atoms with Gasteiger partial charge in [0.25, 0.3) is 0 Å². The SMILES string of the molecule is CCn1cnnc1Cn1c(-c2ccccn2)n[nH]c1=S. The van der Waals surface area contributed by atoms with Gasteiger partial charge >= 0.3 is 0 Å². The number of aromatic amines is 1. The molecule has 0 atom stereocenters. The Bertz CT molecular complexity index is 755. The van der Waals surface area contributed by atoms with Crippen molar-refractivity contribution in [3.05, 3.63) is 41.3 Å². The summed E-state index contributed by atoms with van der Waals surface area (Å²) in [5, 5.41) is 15.1. The molecule has 1 N–H and O–H groups in total. The van der Waals surface area contributed by atoms with Crippen molar-refractivity contribution in [3.63, 3.8) is 0 Å². The van der Waals surface area contributed by atoms with Crippen molar-refractivity contribution in [1.29, 1.82) is 0 Å². The van der Waals surface area contributed by atoms with Crippen LogP contribution >= 0.6 is 12.2 Å². The van der Waals surface area contributed by atoms with Gasteiger partial charge in [-0.1, -0.05) is 6.07 Å². The largest absolute Gasteiger partial charge is 0.316 e. The fourth-order valence-electron chi connectivity index (χ4n) is 1.96. The van der Waals surface area contributed by atoms with Gasteiger partial charge in [-0.05, 0) is 31.3 Å². The number of hydrogen-bond acceptors (Lipinski definition) is 5. The van der Waals surface area contributed by atoms with E-state index in [2.05, 4.69) is 25.4 Å². The van der Waals surface area contributed by atoms with Crippen molar-refractivity contribution in [2.45, 2.75) is 20.0 Å². The molecule has 0 saturated carbocycles. The van der Waals surface area contributed by atoms with E-state index in [0.717, 1.165) is 18.1 Å². The molecule has 3 rings (SSSR count). The van der Waals surface area contributed by atoms with Gasteiger partial charge < -0.3 is 4.57 Å². The second-order valence-corrected chi connectivity index (χ2v) is 4.57. The third-order valence-electron chi connectivity index (χ3n) is 2.99. The lowest BCUT2D eigenvalue weighted by molar-refractivity contribution is 0.648. The van der Waals surface area contributed by atoms with Crippen LogP contribution in [0, 0.1) is 4.77 Å². The summed E-state index contributed by atoms with van der Waals surface area (Å²) >= 11 is 5.29. The van der Waals surface area contributed by atoms with Crippen LogP contribution in [0.15, 0.2) is 30.7 Å². The molecule has 0 saturated heterocycles. The molecule has 0 aromatic carbocycles. The first-order valence-corrected chi connectivity index (χ1v) is 6.63. The van der Waals surface area contributed by atoms with Gasteiger partial charge in [-0.15, -0.1) is 10.2 Å². The molecule has 3 heterocycles. The highest BCUT2D eigenvalue weighted by Gasteiger charge is 2.12. The highest BCUT2D eigenvalue weighted by Crippen LogP contribution is 2.15. The minimum Gasteiger partial charge on any atom is -0.316 e. The molecule has 0 fully saturated rings. The lowest BCUT2D eigenvalue weighted by Crippen LogP contribution is -2.09. The Balaban J connectivity index is 2.02. The number of rotatable bonds is 4. The van der Waals surface area contributed by atoms with Crippen molar-refractivity contribution in [1.82, 2.24) is 34.5 Å². The van der Waals surface area contributed by atoms with Crippen LogP contribution in [0.1, 0.15) is 12.7 Å². The molecule has 0 radical (unpaired) electrons. The lowest BCUT2D eigenvalue weighted by Gasteiger charge is -2.06. The summed E-state index contributed by atoms with van der Waals surface area (Å²) in [6, 6.07) is 5.67. The van der Waals surface area contributed by atoms with E-state index in [1.54, 1.807) is 12.5 Å². The first-order chi connectivity index (χ1) is 9.79. The molecule has 3 aromatic rings. The molecule has 8 heteroatoms. The molecule has 0 unspecified atom stereocenters. The third-order valence-corrected chi connectivity index (χ3v) is 3.30. The molecular formula is C12H13N7S. The van der Waals surface area contributed by atoms with Crippen molar-refractivity contribution in [3.8, 4) is 11.5 Å². The quantitative estimate of drug-likeness (QED) is 0.738. The standard InChI is InChI=1S/C12H13N7S/c1-2-18-8-14-15-10(18)7-19-11(16-17-12(19)20)9-5-3-4-6-13-9/h3-6,8H,2,7H2,1H3,(H,17,20). The minimum atomic E-state index is 0.509. The van der Waals surface area contributed by atoms with Crippen LogP contribution < -0.4 is 0 Å². The molecule has 0 aliphatic heterocycles. The fraction of sp³-hybridized carbons (Fsp3) is 0.250. The molecule has 0 aliphatic rings. The fourth-order valence-corrected chi connectivity index (χ4v) is 2.16. The molecular weight excluding hydrogens is 274 g/mol. The Kier molecular flexibility index (Phi) is 3.38. The third kappa shape index (κ3) is 2.25. The number of aryl methyl sites for hydroxylation is 1. The smallest absolute Gasteiger partial charge is 0.195 e. The van der Waals surface area contributed by atoms with E-state index in [-0.39, 0.29) is 0 Å². The van der Waals surface area contributed by atoms with Crippen molar-refractivity contribution in [2.75, 3.05) is 0 Å². The molecule has 3 aromatic heterocycles. The Labute approximate surface area is 120 Å². The van der Waals surface area contributed by atoms with E-state index in [1.165, 1.54) is 0 Å². The van der Waals surface area contributed by atoms with Gasteiger partial charge in [-0.25, -0.2) is 0 Å². The van der Waals surface area contributed by atoms with Crippen LogP contribution in [0.25, 0.3) is 11.5 Å². The zero-order chi connectivity index (χ0) is 13.9. The first-order valence-electron chi connectivity index (χ1n) is 6.23. The van der Waals surface area contributed by atoms with Crippen molar-refractivity contribution < 1.29 is 0 Å². The van der Waals surface area contributed by atoms with Crippen molar-refractivity contribution in [2.24, 2.45) is 0 Å². The molecule has 0 spiro atoms. The van der Waals surface area contributed by atoms with E-state index < -0.39 is 0 Å². The Morgan fingerprint density at radius 3 is 3.00 bits per heavy atom. The molecule has 0 amide bonds. The van der Waals surface area contributed by atoms with E-state index in [0.29, 0.717) is 17.1 Å². The predicted molar refractivity (Wildman–Crippen MR) is 75.4 cm³/mol. The minimum absolute atomic E-state index is 0.509. The van der Waals surface area contributed by atoms with Crippen LogP contribution in [0.5, 0.6) is 0 Å². The van der Waals surface area contributed by atoms with Gasteiger partial charge in [0.1, 0.15) is 12.0 Å². The number of pyridine rings is 1. The average Bonchev–Trinajstić information content (AvgIpc) is 3.08. The van der Waals surface area contributed by atoms with Crippen LogP contribution in [0.2, 0.25) is 0 Å². The number of nitrogens with zero attached hydrogens (tertiary/aromatic N) is 6. The number of hydrogen-bond donors (Lipinski definition) is 1. The van der Waals surface area contributed by atoms with Gasteiger partial charge in [0.05, 0.1) is 6.54 Å². The van der Waals surface area contributed by atoms with E-state index in [9.17, 15) is 0 Å². The lowest BCUT2D eigenvalue weighted by atomic mass is 10.3. The summed E-state index contributed by atoms with van der Waals surface area (Å²) in [5.41, 5.74) is 0.766. The maximum Gasteiger partial charge on any atom is 0.195 e. The Morgan fingerprint density at radius 2 is 2.25 bits per heavy atom. The van der Waals surface area contributed by atoms with Crippen LogP contribution in [0.3, 0.4) is 0 Å². The van der Waals surface area contributed by atoms with Gasteiger partial charge in [0.15, 0.2) is 16.4 Å². The zero-order valence-electron chi connectivity index (χ0n) is 10.9. The summed E-state index contributed by atoms with van der Waals surface area (Å²) in [4.78, 5) is 4.30. The highest BCUT2D eigenvalue weighted by atomic mass is 32.1. The van der Waals surface area contributed by atoms with Gasteiger partial charge in [-0.2, -0.15) is 5.10 Å². The first kappa shape index (κ1) is 12.7. The monoisotopic (exact) mass is 287 g/mol. The summed E-state index contributed by atoms with van der Waals surface area (Å²) in [5.74, 6) is 1.53. The summed E-state index contributed by atoms with van der Waals surface area (Å²) in [6.07, 6.45) is 3.44. The number of nitrogens with one attached hydrogen (secondary N) is 1.